The summed E-state index contributed by atoms with van der Waals surface area (Å²) in [6, 6.07) is 11.6. The van der Waals surface area contributed by atoms with Crippen molar-refractivity contribution in [2.24, 2.45) is 0 Å². The van der Waals surface area contributed by atoms with E-state index < -0.39 is 11.9 Å². The number of hydrogen-bond donors (Lipinski definition) is 1. The van der Waals surface area contributed by atoms with Gasteiger partial charge in [-0.1, -0.05) is 23.7 Å². The molecule has 0 fully saturated rings. The Morgan fingerprint density at radius 3 is 2.69 bits per heavy atom. The van der Waals surface area contributed by atoms with Crippen molar-refractivity contribution in [2.75, 3.05) is 19.0 Å². The number of benzene rings is 2. The first-order valence-corrected chi connectivity index (χ1v) is 8.26. The third-order valence-corrected chi connectivity index (χ3v) is 3.99. The Balaban J connectivity index is 1.82. The molecule has 3 rings (SSSR count). The molecule has 0 aliphatic heterocycles. The summed E-state index contributed by atoms with van der Waals surface area (Å²) in [6.45, 7) is 1.96. The number of anilines is 1. The van der Waals surface area contributed by atoms with Crippen LogP contribution < -0.4 is 10.1 Å². The number of nitrogens with one attached hydrogen (secondary N) is 1. The monoisotopic (exact) mass is 373 g/mol. The number of halogens is 1. The van der Waals surface area contributed by atoms with Crippen molar-refractivity contribution >= 4 is 40.1 Å². The zero-order chi connectivity index (χ0) is 18.7. The highest BCUT2D eigenvalue weighted by Gasteiger charge is 2.17. The molecule has 0 aliphatic rings. The molecule has 0 aliphatic carbocycles. The van der Waals surface area contributed by atoms with Crippen molar-refractivity contribution in [3.05, 3.63) is 58.8 Å². The summed E-state index contributed by atoms with van der Waals surface area (Å²) in [7, 11) is 1.53. The molecule has 0 saturated carbocycles. The molecule has 0 bridgehead atoms. The van der Waals surface area contributed by atoms with Crippen LogP contribution in [0.15, 0.2) is 46.9 Å². The lowest BCUT2D eigenvalue weighted by molar-refractivity contribution is 0.0526. The molecule has 0 saturated heterocycles. The van der Waals surface area contributed by atoms with Gasteiger partial charge in [0.05, 0.1) is 24.3 Å². The number of hydrogen-bond acceptors (Lipinski definition) is 5. The van der Waals surface area contributed by atoms with E-state index in [1.807, 2.05) is 12.1 Å². The van der Waals surface area contributed by atoms with E-state index in [-0.39, 0.29) is 23.0 Å². The third-order valence-electron chi connectivity index (χ3n) is 3.67. The number of ether oxygens (including phenoxy) is 2. The standard InChI is InChI=1S/C19H16ClNO5/c1-3-25-19(23)13-8-7-12(10-14(13)20)21-18(22)16-9-11-5-4-6-15(24-2)17(11)26-16/h4-10H,3H2,1-2H3,(H,21,22). The van der Waals surface area contributed by atoms with Crippen LogP contribution in [0.4, 0.5) is 5.69 Å². The van der Waals surface area contributed by atoms with E-state index in [9.17, 15) is 9.59 Å². The summed E-state index contributed by atoms with van der Waals surface area (Å²) in [5, 5.41) is 3.63. The van der Waals surface area contributed by atoms with Crippen LogP contribution in [0.1, 0.15) is 27.8 Å². The smallest absolute Gasteiger partial charge is 0.339 e. The van der Waals surface area contributed by atoms with E-state index in [2.05, 4.69) is 5.32 Å². The molecule has 1 heterocycles. The fourth-order valence-corrected chi connectivity index (χ4v) is 2.73. The van der Waals surface area contributed by atoms with Crippen LogP contribution in [0.2, 0.25) is 5.02 Å². The Morgan fingerprint density at radius 2 is 2.00 bits per heavy atom. The van der Waals surface area contributed by atoms with Crippen LogP contribution in [0.25, 0.3) is 11.0 Å². The SMILES string of the molecule is CCOC(=O)c1ccc(NC(=O)c2cc3cccc(OC)c3o2)cc1Cl. The number of rotatable bonds is 5. The number of carbonyl (C=O) groups excluding carboxylic acids is 2. The fraction of sp³-hybridized carbons (Fsp3) is 0.158. The predicted molar refractivity (Wildman–Crippen MR) is 98.1 cm³/mol. The zero-order valence-electron chi connectivity index (χ0n) is 14.2. The fourth-order valence-electron chi connectivity index (χ4n) is 2.47. The number of methoxy groups -OCH3 is 1. The van der Waals surface area contributed by atoms with Crippen LogP contribution in [0, 0.1) is 0 Å². The van der Waals surface area contributed by atoms with Gasteiger partial charge in [0.25, 0.3) is 5.91 Å². The Labute approximate surface area is 154 Å². The average Bonchev–Trinajstić information content (AvgIpc) is 3.06. The first-order valence-electron chi connectivity index (χ1n) is 7.88. The zero-order valence-corrected chi connectivity index (χ0v) is 14.9. The largest absolute Gasteiger partial charge is 0.493 e. The van der Waals surface area contributed by atoms with Gasteiger partial charge in [-0.2, -0.15) is 0 Å². The molecule has 0 spiro atoms. The molecule has 2 aromatic carbocycles. The second kappa shape index (κ2) is 7.49. The van der Waals surface area contributed by atoms with Crippen LogP contribution in [-0.4, -0.2) is 25.6 Å². The molecular formula is C19H16ClNO5. The minimum absolute atomic E-state index is 0.134. The number of para-hydroxylation sites is 1. The third kappa shape index (κ3) is 3.50. The maximum absolute atomic E-state index is 12.4. The summed E-state index contributed by atoms with van der Waals surface area (Å²) < 4.78 is 15.7. The molecule has 0 unspecified atom stereocenters. The van der Waals surface area contributed by atoms with Gasteiger partial charge in [0.2, 0.25) is 0 Å². The maximum Gasteiger partial charge on any atom is 0.339 e. The topological polar surface area (TPSA) is 77.8 Å². The van der Waals surface area contributed by atoms with E-state index in [0.29, 0.717) is 17.0 Å². The molecule has 3 aromatic rings. The molecule has 0 radical (unpaired) electrons. The number of esters is 1. The molecule has 134 valence electrons. The van der Waals surface area contributed by atoms with E-state index in [4.69, 9.17) is 25.5 Å². The van der Waals surface area contributed by atoms with Crippen LogP contribution in [0.3, 0.4) is 0 Å². The van der Waals surface area contributed by atoms with Gasteiger partial charge in [-0.05, 0) is 37.3 Å². The van der Waals surface area contributed by atoms with Gasteiger partial charge < -0.3 is 19.2 Å². The van der Waals surface area contributed by atoms with Gasteiger partial charge in [0, 0.05) is 11.1 Å². The molecule has 1 aromatic heterocycles. The van der Waals surface area contributed by atoms with Crippen LogP contribution >= 0.6 is 11.6 Å². The molecule has 7 heteroatoms. The van der Waals surface area contributed by atoms with Crippen molar-refractivity contribution in [1.29, 1.82) is 0 Å². The molecule has 0 atom stereocenters. The van der Waals surface area contributed by atoms with Crippen molar-refractivity contribution in [3.63, 3.8) is 0 Å². The van der Waals surface area contributed by atoms with E-state index in [1.54, 1.807) is 25.1 Å². The van der Waals surface area contributed by atoms with Crippen LogP contribution in [-0.2, 0) is 4.74 Å². The average molecular weight is 374 g/mol. The summed E-state index contributed by atoms with van der Waals surface area (Å²) in [5.74, 6) is -0.276. The van der Waals surface area contributed by atoms with Crippen LogP contribution in [0.5, 0.6) is 5.75 Å². The predicted octanol–water partition coefficient (Wildman–Crippen LogP) is 4.52. The molecule has 1 N–H and O–H groups in total. The van der Waals surface area contributed by atoms with Gasteiger partial charge in [-0.15, -0.1) is 0 Å². The van der Waals surface area contributed by atoms with Gasteiger partial charge in [-0.3, -0.25) is 4.79 Å². The summed E-state index contributed by atoms with van der Waals surface area (Å²) in [4.78, 5) is 24.2. The highest BCUT2D eigenvalue weighted by molar-refractivity contribution is 6.34. The van der Waals surface area contributed by atoms with Gasteiger partial charge >= 0.3 is 5.97 Å². The Hall–Kier alpha value is -2.99. The van der Waals surface area contributed by atoms with Gasteiger partial charge in [0.15, 0.2) is 17.1 Å². The highest BCUT2D eigenvalue weighted by Crippen LogP contribution is 2.29. The van der Waals surface area contributed by atoms with Crippen molar-refractivity contribution < 1.29 is 23.5 Å². The molecular weight excluding hydrogens is 358 g/mol. The summed E-state index contributed by atoms with van der Waals surface area (Å²) in [6.07, 6.45) is 0. The van der Waals surface area contributed by atoms with Crippen molar-refractivity contribution in [3.8, 4) is 5.75 Å². The summed E-state index contributed by atoms with van der Waals surface area (Å²) >= 11 is 6.10. The molecule has 26 heavy (non-hydrogen) atoms. The number of amides is 1. The highest BCUT2D eigenvalue weighted by atomic mass is 35.5. The second-order valence-electron chi connectivity index (χ2n) is 5.36. The van der Waals surface area contributed by atoms with E-state index >= 15 is 0 Å². The molecule has 1 amide bonds. The first-order chi connectivity index (χ1) is 12.5. The molecule has 6 nitrogen and oxygen atoms in total. The van der Waals surface area contributed by atoms with Gasteiger partial charge in [-0.25, -0.2) is 4.79 Å². The quantitative estimate of drug-likeness (QED) is 0.665. The normalized spacial score (nSPS) is 10.6. The minimum Gasteiger partial charge on any atom is -0.493 e. The Kier molecular flexibility index (Phi) is 5.14. The number of furan rings is 1. The van der Waals surface area contributed by atoms with E-state index in [0.717, 1.165) is 5.39 Å². The van der Waals surface area contributed by atoms with E-state index in [1.165, 1.54) is 19.2 Å². The Bertz CT molecular complexity index is 979. The number of fused-ring (bicyclic) bond motifs is 1. The first kappa shape index (κ1) is 17.8. The van der Waals surface area contributed by atoms with Crippen molar-refractivity contribution in [1.82, 2.24) is 0 Å². The second-order valence-corrected chi connectivity index (χ2v) is 5.77. The summed E-state index contributed by atoms with van der Waals surface area (Å²) in [5.41, 5.74) is 1.16. The number of carbonyl (C=O) groups is 2. The minimum atomic E-state index is -0.514. The van der Waals surface area contributed by atoms with Gasteiger partial charge in [0.1, 0.15) is 0 Å². The Morgan fingerprint density at radius 1 is 1.19 bits per heavy atom. The maximum atomic E-state index is 12.4. The van der Waals surface area contributed by atoms with Crippen molar-refractivity contribution in [2.45, 2.75) is 6.92 Å². The lowest BCUT2D eigenvalue weighted by Gasteiger charge is -2.07. The lowest BCUT2D eigenvalue weighted by atomic mass is 10.2. The lowest BCUT2D eigenvalue weighted by Crippen LogP contribution is -2.11.